The number of ketones is 1. The molecule has 3 nitrogen and oxygen atoms in total. The van der Waals surface area contributed by atoms with Crippen molar-refractivity contribution in [2.45, 2.75) is 52.7 Å². The second-order valence-corrected chi connectivity index (χ2v) is 5.72. The molecule has 1 heterocycles. The number of carbonyl (C=O) groups excluding carboxylic acids is 1. The largest absolute Gasteiger partial charge is 0.391 e. The molecule has 1 rings (SSSR count). The standard InChI is InChI=1S/C13H25NO2/c1-9(2)5-12(15)6-11-7-14(10(3)4)8-13(11)16/h9-11,13,16H,5-8H2,1-4H3. The quantitative estimate of drug-likeness (QED) is 0.777. The number of likely N-dealkylation sites (tertiary alicyclic amines) is 1. The van der Waals surface area contributed by atoms with Gasteiger partial charge in [0.1, 0.15) is 5.78 Å². The van der Waals surface area contributed by atoms with E-state index in [-0.39, 0.29) is 12.0 Å². The van der Waals surface area contributed by atoms with E-state index in [1.54, 1.807) is 0 Å². The Balaban J connectivity index is 2.41. The van der Waals surface area contributed by atoms with E-state index < -0.39 is 0 Å². The van der Waals surface area contributed by atoms with Crippen LogP contribution in [-0.4, -0.2) is 41.0 Å². The summed E-state index contributed by atoms with van der Waals surface area (Å²) in [5, 5.41) is 9.90. The van der Waals surface area contributed by atoms with Crippen molar-refractivity contribution in [3.05, 3.63) is 0 Å². The van der Waals surface area contributed by atoms with E-state index in [0.29, 0.717) is 30.6 Å². The predicted molar refractivity (Wildman–Crippen MR) is 65.3 cm³/mol. The molecule has 0 radical (unpaired) electrons. The van der Waals surface area contributed by atoms with Crippen LogP contribution >= 0.6 is 0 Å². The Hall–Kier alpha value is -0.410. The highest BCUT2D eigenvalue weighted by Crippen LogP contribution is 2.23. The van der Waals surface area contributed by atoms with Gasteiger partial charge in [0.25, 0.3) is 0 Å². The second-order valence-electron chi connectivity index (χ2n) is 5.72. The third kappa shape index (κ3) is 3.87. The van der Waals surface area contributed by atoms with Gasteiger partial charge in [0, 0.05) is 37.9 Å². The molecule has 0 amide bonds. The van der Waals surface area contributed by atoms with Crippen molar-refractivity contribution >= 4 is 5.78 Å². The van der Waals surface area contributed by atoms with Crippen molar-refractivity contribution in [1.29, 1.82) is 0 Å². The molecule has 1 fully saturated rings. The monoisotopic (exact) mass is 227 g/mol. The van der Waals surface area contributed by atoms with E-state index in [9.17, 15) is 9.90 Å². The summed E-state index contributed by atoms with van der Waals surface area (Å²) >= 11 is 0. The highest BCUT2D eigenvalue weighted by atomic mass is 16.3. The number of β-amino-alcohol motifs (C(OH)–C–C–N with tert-alkyl or cyclic N) is 1. The van der Waals surface area contributed by atoms with Crippen molar-refractivity contribution in [1.82, 2.24) is 4.90 Å². The van der Waals surface area contributed by atoms with Gasteiger partial charge < -0.3 is 5.11 Å². The number of hydrogen-bond donors (Lipinski definition) is 1. The lowest BCUT2D eigenvalue weighted by Gasteiger charge is -2.19. The molecule has 0 saturated carbocycles. The van der Waals surface area contributed by atoms with Crippen molar-refractivity contribution in [3.8, 4) is 0 Å². The minimum Gasteiger partial charge on any atom is -0.391 e. The summed E-state index contributed by atoms with van der Waals surface area (Å²) in [6.45, 7) is 9.96. The number of nitrogens with zero attached hydrogens (tertiary/aromatic N) is 1. The van der Waals surface area contributed by atoms with Crippen LogP contribution < -0.4 is 0 Å². The summed E-state index contributed by atoms with van der Waals surface area (Å²) in [7, 11) is 0. The van der Waals surface area contributed by atoms with Crippen molar-refractivity contribution in [2.75, 3.05) is 13.1 Å². The Kier molecular flexibility index (Phi) is 4.93. The van der Waals surface area contributed by atoms with Gasteiger partial charge in [0.15, 0.2) is 0 Å². The summed E-state index contributed by atoms with van der Waals surface area (Å²) in [5.41, 5.74) is 0. The maximum atomic E-state index is 11.7. The number of aliphatic hydroxyl groups excluding tert-OH is 1. The fraction of sp³-hybridized carbons (Fsp3) is 0.923. The summed E-state index contributed by atoms with van der Waals surface area (Å²) in [5.74, 6) is 0.866. The summed E-state index contributed by atoms with van der Waals surface area (Å²) in [6, 6.07) is 0.458. The number of hydrogen-bond acceptors (Lipinski definition) is 3. The SMILES string of the molecule is CC(C)CC(=O)CC1CN(C(C)C)CC1O. The molecule has 1 aliphatic heterocycles. The Morgan fingerprint density at radius 2 is 1.94 bits per heavy atom. The molecule has 0 aromatic rings. The fourth-order valence-corrected chi connectivity index (χ4v) is 2.34. The van der Waals surface area contributed by atoms with Gasteiger partial charge in [-0.3, -0.25) is 9.69 Å². The van der Waals surface area contributed by atoms with Gasteiger partial charge in [-0.1, -0.05) is 13.8 Å². The number of Topliss-reactive ketones (excluding diaryl/α,β-unsaturated/α-hetero) is 1. The lowest BCUT2D eigenvalue weighted by molar-refractivity contribution is -0.121. The molecule has 16 heavy (non-hydrogen) atoms. The van der Waals surface area contributed by atoms with E-state index in [0.717, 1.165) is 13.1 Å². The Morgan fingerprint density at radius 3 is 2.38 bits per heavy atom. The average molecular weight is 227 g/mol. The van der Waals surface area contributed by atoms with Crippen LogP contribution in [-0.2, 0) is 4.79 Å². The Morgan fingerprint density at radius 1 is 1.31 bits per heavy atom. The minimum absolute atomic E-state index is 0.147. The lowest BCUT2D eigenvalue weighted by atomic mass is 9.95. The maximum absolute atomic E-state index is 11.7. The van der Waals surface area contributed by atoms with E-state index >= 15 is 0 Å². The van der Waals surface area contributed by atoms with Crippen LogP contribution in [0.4, 0.5) is 0 Å². The van der Waals surface area contributed by atoms with Crippen molar-refractivity contribution < 1.29 is 9.90 Å². The molecule has 3 heteroatoms. The average Bonchev–Trinajstić information content (AvgIpc) is 2.46. The van der Waals surface area contributed by atoms with Gasteiger partial charge >= 0.3 is 0 Å². The molecular formula is C13H25NO2. The topological polar surface area (TPSA) is 40.5 Å². The summed E-state index contributed by atoms with van der Waals surface area (Å²) in [6.07, 6.45) is 0.867. The van der Waals surface area contributed by atoms with E-state index in [1.807, 2.05) is 0 Å². The molecule has 0 aliphatic carbocycles. The molecule has 2 unspecified atom stereocenters. The first-order valence-corrected chi connectivity index (χ1v) is 6.34. The first-order valence-electron chi connectivity index (χ1n) is 6.34. The van der Waals surface area contributed by atoms with Crippen molar-refractivity contribution in [2.24, 2.45) is 11.8 Å². The number of carbonyl (C=O) groups is 1. The Bertz CT molecular complexity index is 238. The molecule has 0 aromatic carbocycles. The third-order valence-electron chi connectivity index (χ3n) is 3.29. The third-order valence-corrected chi connectivity index (χ3v) is 3.29. The zero-order valence-corrected chi connectivity index (χ0v) is 10.9. The molecule has 1 saturated heterocycles. The summed E-state index contributed by atoms with van der Waals surface area (Å²) in [4.78, 5) is 13.9. The van der Waals surface area contributed by atoms with Crippen LogP contribution in [0.5, 0.6) is 0 Å². The molecule has 1 aliphatic rings. The van der Waals surface area contributed by atoms with Gasteiger partial charge in [-0.15, -0.1) is 0 Å². The van der Waals surface area contributed by atoms with E-state index in [4.69, 9.17) is 0 Å². The smallest absolute Gasteiger partial charge is 0.133 e. The molecular weight excluding hydrogens is 202 g/mol. The number of rotatable bonds is 5. The van der Waals surface area contributed by atoms with Crippen molar-refractivity contribution in [3.63, 3.8) is 0 Å². The summed E-state index contributed by atoms with van der Waals surface area (Å²) < 4.78 is 0. The zero-order chi connectivity index (χ0) is 12.3. The van der Waals surface area contributed by atoms with E-state index in [2.05, 4.69) is 32.6 Å². The highest BCUT2D eigenvalue weighted by Gasteiger charge is 2.33. The van der Waals surface area contributed by atoms with Crippen LogP contribution in [0.15, 0.2) is 0 Å². The molecule has 0 bridgehead atoms. The van der Waals surface area contributed by atoms with Gasteiger partial charge in [0.2, 0.25) is 0 Å². The van der Waals surface area contributed by atoms with Crippen LogP contribution in [0.3, 0.4) is 0 Å². The van der Waals surface area contributed by atoms with Gasteiger partial charge in [-0.25, -0.2) is 0 Å². The van der Waals surface area contributed by atoms with E-state index in [1.165, 1.54) is 0 Å². The van der Waals surface area contributed by atoms with Crippen LogP contribution in [0.1, 0.15) is 40.5 Å². The Labute approximate surface area is 98.8 Å². The fourth-order valence-electron chi connectivity index (χ4n) is 2.34. The molecule has 94 valence electrons. The van der Waals surface area contributed by atoms with Gasteiger partial charge in [0.05, 0.1) is 6.10 Å². The zero-order valence-electron chi connectivity index (χ0n) is 10.9. The predicted octanol–water partition coefficient (Wildman–Crippen LogP) is 1.69. The molecule has 0 spiro atoms. The lowest BCUT2D eigenvalue weighted by Crippen LogP contribution is -2.29. The van der Waals surface area contributed by atoms with Crippen LogP contribution in [0.25, 0.3) is 0 Å². The normalized spacial score (nSPS) is 26.9. The van der Waals surface area contributed by atoms with Crippen LogP contribution in [0, 0.1) is 11.8 Å². The molecule has 1 N–H and O–H groups in total. The molecule has 0 aromatic heterocycles. The first kappa shape index (κ1) is 13.7. The van der Waals surface area contributed by atoms with Gasteiger partial charge in [-0.05, 0) is 19.8 Å². The minimum atomic E-state index is -0.321. The van der Waals surface area contributed by atoms with Gasteiger partial charge in [-0.2, -0.15) is 0 Å². The highest BCUT2D eigenvalue weighted by molar-refractivity contribution is 5.78. The number of aliphatic hydroxyl groups is 1. The molecule has 2 atom stereocenters. The maximum Gasteiger partial charge on any atom is 0.133 e. The second kappa shape index (κ2) is 5.78. The van der Waals surface area contributed by atoms with Crippen LogP contribution in [0.2, 0.25) is 0 Å². The first-order chi connectivity index (χ1) is 7.40.